The van der Waals surface area contributed by atoms with Crippen molar-refractivity contribution in [3.05, 3.63) is 24.3 Å². The first-order chi connectivity index (χ1) is 10.4. The van der Waals surface area contributed by atoms with Crippen LogP contribution in [0.3, 0.4) is 0 Å². The molecule has 2 aromatic rings. The SMILES string of the molecule is NC(=S)Nc1cc(S(=O)(=O)O)cc2cc(S(=O)(=O)O)cc(O)c12. The molecule has 23 heavy (non-hydrogen) atoms. The number of phenolic OH excluding ortho intramolecular Hbond substituents is 1. The number of hydrogen-bond acceptors (Lipinski definition) is 6. The molecule has 0 bridgehead atoms. The molecule has 0 atom stereocenters. The molecule has 0 aliphatic rings. The first-order valence-electron chi connectivity index (χ1n) is 5.72. The largest absolute Gasteiger partial charge is 0.507 e. The molecule has 0 aliphatic heterocycles. The lowest BCUT2D eigenvalue weighted by Gasteiger charge is -2.12. The first-order valence-corrected chi connectivity index (χ1v) is 9.00. The molecule has 0 amide bonds. The van der Waals surface area contributed by atoms with E-state index in [4.69, 9.17) is 14.8 Å². The van der Waals surface area contributed by atoms with Crippen LogP contribution < -0.4 is 11.1 Å². The minimum absolute atomic E-state index is 0.00222. The van der Waals surface area contributed by atoms with Crippen LogP contribution in [0.15, 0.2) is 34.1 Å². The van der Waals surface area contributed by atoms with Gasteiger partial charge in [-0.05, 0) is 35.8 Å². The Bertz CT molecular complexity index is 1020. The molecule has 2 aromatic carbocycles. The van der Waals surface area contributed by atoms with Gasteiger partial charge in [0, 0.05) is 11.5 Å². The third-order valence-corrected chi connectivity index (χ3v) is 4.59. The Labute approximate surface area is 136 Å². The highest BCUT2D eigenvalue weighted by Crippen LogP contribution is 2.36. The molecule has 0 saturated carbocycles. The summed E-state index contributed by atoms with van der Waals surface area (Å²) in [5, 5.41) is 12.1. The third-order valence-electron chi connectivity index (χ3n) is 2.83. The monoisotopic (exact) mass is 378 g/mol. The fourth-order valence-electron chi connectivity index (χ4n) is 1.97. The first kappa shape index (κ1) is 17.4. The minimum Gasteiger partial charge on any atom is -0.507 e. The van der Waals surface area contributed by atoms with Gasteiger partial charge in [0.25, 0.3) is 20.2 Å². The zero-order chi connectivity index (χ0) is 17.6. The summed E-state index contributed by atoms with van der Waals surface area (Å²) in [6.45, 7) is 0. The van der Waals surface area contributed by atoms with E-state index in [9.17, 15) is 21.9 Å². The smallest absolute Gasteiger partial charge is 0.294 e. The molecule has 0 unspecified atom stereocenters. The number of hydrogen-bond donors (Lipinski definition) is 5. The second kappa shape index (κ2) is 5.58. The zero-order valence-corrected chi connectivity index (χ0v) is 13.5. The van der Waals surface area contributed by atoms with Crippen molar-refractivity contribution in [2.75, 3.05) is 5.32 Å². The van der Waals surface area contributed by atoms with Gasteiger partial charge >= 0.3 is 0 Å². The second-order valence-electron chi connectivity index (χ2n) is 4.45. The van der Waals surface area contributed by atoms with Crippen molar-refractivity contribution in [2.45, 2.75) is 9.79 Å². The summed E-state index contributed by atoms with van der Waals surface area (Å²) in [4.78, 5) is -1.24. The standard InChI is InChI=1S/C11H10N2O7S3/c12-11(21)13-8-3-6(22(15,16)17)1-5-2-7(23(18,19)20)4-9(14)10(5)8/h1-4,14H,(H3,12,13,21)(H,15,16,17)(H,18,19,20). The fourth-order valence-corrected chi connectivity index (χ4v) is 3.16. The van der Waals surface area contributed by atoms with Crippen molar-refractivity contribution < 1.29 is 31.0 Å². The molecule has 9 nitrogen and oxygen atoms in total. The van der Waals surface area contributed by atoms with Crippen LogP contribution in [0.25, 0.3) is 10.8 Å². The molecule has 0 saturated heterocycles. The molecule has 0 heterocycles. The lowest BCUT2D eigenvalue weighted by molar-refractivity contribution is 0.471. The van der Waals surface area contributed by atoms with Crippen LogP contribution in [0.4, 0.5) is 5.69 Å². The van der Waals surface area contributed by atoms with Gasteiger partial charge in [-0.1, -0.05) is 0 Å². The van der Waals surface area contributed by atoms with Crippen molar-refractivity contribution in [2.24, 2.45) is 5.73 Å². The number of aromatic hydroxyl groups is 1. The Balaban J connectivity index is 2.95. The molecule has 0 aliphatic carbocycles. The highest BCUT2D eigenvalue weighted by molar-refractivity contribution is 7.86. The Hall–Kier alpha value is -1.99. The van der Waals surface area contributed by atoms with E-state index >= 15 is 0 Å². The Kier molecular flexibility index (Phi) is 4.21. The van der Waals surface area contributed by atoms with Crippen LogP contribution in [0.1, 0.15) is 0 Å². The number of thiocarbonyl (C=S) groups is 1. The normalized spacial score (nSPS) is 12.3. The molecule has 0 radical (unpaired) electrons. The van der Waals surface area contributed by atoms with Gasteiger partial charge in [-0.25, -0.2) is 0 Å². The van der Waals surface area contributed by atoms with Gasteiger partial charge in [0.1, 0.15) is 5.75 Å². The average molecular weight is 378 g/mol. The van der Waals surface area contributed by atoms with E-state index in [1.165, 1.54) is 0 Å². The van der Waals surface area contributed by atoms with Gasteiger partial charge in [-0.3, -0.25) is 9.11 Å². The molecule has 0 fully saturated rings. The molecule has 12 heteroatoms. The van der Waals surface area contributed by atoms with Crippen LogP contribution in [-0.4, -0.2) is 36.2 Å². The maximum Gasteiger partial charge on any atom is 0.294 e. The van der Waals surface area contributed by atoms with E-state index < -0.39 is 35.8 Å². The number of phenols is 1. The maximum absolute atomic E-state index is 11.3. The van der Waals surface area contributed by atoms with Gasteiger partial charge < -0.3 is 16.2 Å². The van der Waals surface area contributed by atoms with Gasteiger partial charge in [-0.15, -0.1) is 0 Å². The molecule has 124 valence electrons. The summed E-state index contributed by atoms with van der Waals surface area (Å²) in [6.07, 6.45) is 0. The van der Waals surface area contributed by atoms with Gasteiger partial charge in [0.2, 0.25) is 0 Å². The summed E-state index contributed by atoms with van der Waals surface area (Å²) in [5.74, 6) is -0.573. The third kappa shape index (κ3) is 3.68. The predicted molar refractivity (Wildman–Crippen MR) is 85.7 cm³/mol. The highest BCUT2D eigenvalue weighted by atomic mass is 32.2. The molecule has 2 rings (SSSR count). The van der Waals surface area contributed by atoms with Crippen molar-refractivity contribution in [1.29, 1.82) is 0 Å². The van der Waals surface area contributed by atoms with Gasteiger partial charge in [0.15, 0.2) is 5.11 Å². The molecular weight excluding hydrogens is 368 g/mol. The number of fused-ring (bicyclic) bond motifs is 1. The lowest BCUT2D eigenvalue weighted by atomic mass is 10.1. The predicted octanol–water partition coefficient (Wildman–Crippen LogP) is 0.694. The van der Waals surface area contributed by atoms with Crippen LogP contribution in [-0.2, 0) is 20.2 Å². The minimum atomic E-state index is -4.64. The highest BCUT2D eigenvalue weighted by Gasteiger charge is 2.19. The zero-order valence-electron chi connectivity index (χ0n) is 11.1. The number of rotatable bonds is 3. The van der Waals surface area contributed by atoms with E-state index in [0.29, 0.717) is 0 Å². The number of benzene rings is 2. The van der Waals surface area contributed by atoms with E-state index in [1.54, 1.807) is 0 Å². The summed E-state index contributed by atoms with van der Waals surface area (Å²) in [6, 6.07) is 3.58. The van der Waals surface area contributed by atoms with Gasteiger partial charge in [0.05, 0.1) is 15.5 Å². The Morgan fingerprint density at radius 1 is 1.00 bits per heavy atom. The van der Waals surface area contributed by atoms with Crippen LogP contribution >= 0.6 is 12.2 Å². The number of anilines is 1. The van der Waals surface area contributed by atoms with Crippen molar-refractivity contribution in [1.82, 2.24) is 0 Å². The molecular formula is C11H10N2O7S3. The van der Waals surface area contributed by atoms with Crippen molar-refractivity contribution in [3.63, 3.8) is 0 Å². The Morgan fingerprint density at radius 3 is 1.91 bits per heavy atom. The van der Waals surface area contributed by atoms with Crippen LogP contribution in [0.2, 0.25) is 0 Å². The topological polar surface area (TPSA) is 167 Å². The molecule has 6 N–H and O–H groups in total. The van der Waals surface area contributed by atoms with E-state index in [1.807, 2.05) is 0 Å². The van der Waals surface area contributed by atoms with Crippen molar-refractivity contribution in [3.8, 4) is 5.75 Å². The van der Waals surface area contributed by atoms with Gasteiger partial charge in [-0.2, -0.15) is 16.8 Å². The molecule has 0 aromatic heterocycles. The number of nitrogens with one attached hydrogen (secondary N) is 1. The fraction of sp³-hybridized carbons (Fsp3) is 0. The quantitative estimate of drug-likeness (QED) is 0.378. The van der Waals surface area contributed by atoms with Crippen LogP contribution in [0, 0.1) is 0 Å². The summed E-state index contributed by atoms with van der Waals surface area (Å²) in [5.41, 5.74) is 5.25. The van der Waals surface area contributed by atoms with E-state index in [2.05, 4.69) is 17.5 Å². The number of nitrogens with two attached hydrogens (primary N) is 1. The van der Waals surface area contributed by atoms with E-state index in [0.717, 1.165) is 24.3 Å². The lowest BCUT2D eigenvalue weighted by Crippen LogP contribution is -2.19. The van der Waals surface area contributed by atoms with Crippen molar-refractivity contribution >= 4 is 54.0 Å². The summed E-state index contributed by atoms with van der Waals surface area (Å²) < 4.78 is 63.2. The van der Waals surface area contributed by atoms with E-state index in [-0.39, 0.29) is 21.6 Å². The average Bonchev–Trinajstić information content (AvgIpc) is 2.34. The van der Waals surface area contributed by atoms with Crippen LogP contribution in [0.5, 0.6) is 5.75 Å². The molecule has 0 spiro atoms. The summed E-state index contributed by atoms with van der Waals surface area (Å²) in [7, 11) is -9.28. The summed E-state index contributed by atoms with van der Waals surface area (Å²) >= 11 is 4.64. The second-order valence-corrected chi connectivity index (χ2v) is 7.73. The maximum atomic E-state index is 11.3. The Morgan fingerprint density at radius 2 is 1.48 bits per heavy atom.